The Hall–Kier alpha value is -1.41. The first-order valence-corrected chi connectivity index (χ1v) is 7.90. The minimum Gasteiger partial charge on any atom is -0.360 e. The van der Waals surface area contributed by atoms with Gasteiger partial charge in [-0.3, -0.25) is 4.79 Å². The fourth-order valence-corrected chi connectivity index (χ4v) is 3.02. The third kappa shape index (κ3) is 3.54. The van der Waals surface area contributed by atoms with Gasteiger partial charge >= 0.3 is 0 Å². The topological polar surface area (TPSA) is 92.5 Å². The van der Waals surface area contributed by atoms with Crippen LogP contribution in [-0.2, 0) is 14.8 Å². The summed E-state index contributed by atoms with van der Waals surface area (Å²) in [5.41, 5.74) is 0. The molecule has 0 aromatic carbocycles. The summed E-state index contributed by atoms with van der Waals surface area (Å²) in [6.07, 6.45) is 2.52. The minimum atomic E-state index is -3.24. The zero-order valence-corrected chi connectivity index (χ0v) is 11.7. The number of amides is 1. The first kappa shape index (κ1) is 14.0. The van der Waals surface area contributed by atoms with Crippen LogP contribution in [0.1, 0.15) is 18.6 Å². The van der Waals surface area contributed by atoms with Crippen molar-refractivity contribution in [2.24, 2.45) is 5.92 Å². The van der Waals surface area contributed by atoms with E-state index in [0.29, 0.717) is 31.0 Å². The fraction of sp³-hybridized carbons (Fsp3) is 0.636. The average molecular weight is 287 g/mol. The molecule has 1 fully saturated rings. The molecule has 0 aliphatic carbocycles. The van der Waals surface area contributed by atoms with Crippen LogP contribution in [0.5, 0.6) is 0 Å². The summed E-state index contributed by atoms with van der Waals surface area (Å²) < 4.78 is 29.2. The predicted octanol–water partition coefficient (Wildman–Crippen LogP) is 0.593. The molecule has 1 amide bonds. The summed E-state index contributed by atoms with van der Waals surface area (Å²) in [5.74, 6) is 0.401. The van der Waals surface area contributed by atoms with E-state index in [2.05, 4.69) is 10.5 Å². The van der Waals surface area contributed by atoms with Crippen LogP contribution in [0.25, 0.3) is 0 Å². The van der Waals surface area contributed by atoms with Gasteiger partial charge in [-0.25, -0.2) is 12.7 Å². The maximum atomic E-state index is 12.0. The third-order valence-electron chi connectivity index (χ3n) is 3.10. The molecule has 1 aromatic rings. The molecule has 0 saturated carbocycles. The molecule has 1 aliphatic rings. The molecule has 0 bridgehead atoms. The van der Waals surface area contributed by atoms with E-state index in [1.807, 2.05) is 0 Å². The second kappa shape index (κ2) is 5.30. The lowest BCUT2D eigenvalue weighted by Gasteiger charge is -2.29. The smallest absolute Gasteiger partial charge is 0.230 e. The number of rotatable bonds is 3. The Morgan fingerprint density at radius 1 is 1.58 bits per heavy atom. The number of aryl methyl sites for hydroxylation is 1. The van der Waals surface area contributed by atoms with Crippen molar-refractivity contribution >= 4 is 21.7 Å². The van der Waals surface area contributed by atoms with Gasteiger partial charge in [0.05, 0.1) is 12.2 Å². The van der Waals surface area contributed by atoms with Crippen molar-refractivity contribution in [2.45, 2.75) is 19.8 Å². The Morgan fingerprint density at radius 2 is 2.32 bits per heavy atom. The summed E-state index contributed by atoms with van der Waals surface area (Å²) in [4.78, 5) is 12.0. The molecule has 1 saturated heterocycles. The van der Waals surface area contributed by atoms with Gasteiger partial charge in [-0.1, -0.05) is 5.16 Å². The molecule has 1 N–H and O–H groups in total. The van der Waals surface area contributed by atoms with E-state index in [-0.39, 0.29) is 18.4 Å². The molecule has 0 radical (unpaired) electrons. The monoisotopic (exact) mass is 287 g/mol. The molecule has 2 heterocycles. The SMILES string of the molecule is Cc1cc(NC(=O)C2CCCN(S(C)(=O)=O)C2)no1. The van der Waals surface area contributed by atoms with E-state index in [9.17, 15) is 13.2 Å². The first-order valence-electron chi connectivity index (χ1n) is 6.05. The highest BCUT2D eigenvalue weighted by molar-refractivity contribution is 7.88. The summed E-state index contributed by atoms with van der Waals surface area (Å²) in [5, 5.41) is 6.32. The van der Waals surface area contributed by atoms with Crippen molar-refractivity contribution in [1.82, 2.24) is 9.46 Å². The van der Waals surface area contributed by atoms with Crippen molar-refractivity contribution in [3.8, 4) is 0 Å². The van der Waals surface area contributed by atoms with Gasteiger partial charge in [0.1, 0.15) is 5.76 Å². The second-order valence-corrected chi connectivity index (χ2v) is 6.75. The normalized spacial score (nSPS) is 21.3. The van der Waals surface area contributed by atoms with Crippen LogP contribution in [0, 0.1) is 12.8 Å². The number of nitrogens with one attached hydrogen (secondary N) is 1. The van der Waals surface area contributed by atoms with Gasteiger partial charge in [0, 0.05) is 19.2 Å². The number of hydrogen-bond acceptors (Lipinski definition) is 5. The Labute approximate surface area is 112 Å². The Kier molecular flexibility index (Phi) is 3.91. The zero-order chi connectivity index (χ0) is 14.0. The largest absolute Gasteiger partial charge is 0.360 e. The average Bonchev–Trinajstić information content (AvgIpc) is 2.74. The van der Waals surface area contributed by atoms with Gasteiger partial charge in [-0.2, -0.15) is 0 Å². The minimum absolute atomic E-state index is 0.221. The Bertz CT molecular complexity index is 566. The van der Waals surface area contributed by atoms with Crippen LogP contribution >= 0.6 is 0 Å². The van der Waals surface area contributed by atoms with Crippen molar-refractivity contribution in [2.75, 3.05) is 24.7 Å². The lowest BCUT2D eigenvalue weighted by atomic mass is 9.99. The van der Waals surface area contributed by atoms with Crippen molar-refractivity contribution < 1.29 is 17.7 Å². The quantitative estimate of drug-likeness (QED) is 0.878. The highest BCUT2D eigenvalue weighted by Crippen LogP contribution is 2.20. The van der Waals surface area contributed by atoms with Gasteiger partial charge in [0.2, 0.25) is 15.9 Å². The standard InChI is InChI=1S/C11H17N3O4S/c1-8-6-10(13-18-8)12-11(15)9-4-3-5-14(7-9)19(2,16)17/h6,9H,3-5,7H2,1-2H3,(H,12,13,15). The van der Waals surface area contributed by atoms with Crippen LogP contribution < -0.4 is 5.32 Å². The molecular weight excluding hydrogens is 270 g/mol. The molecule has 1 unspecified atom stereocenters. The molecule has 1 aromatic heterocycles. The van der Waals surface area contributed by atoms with Gasteiger partial charge in [-0.05, 0) is 19.8 Å². The molecule has 2 rings (SSSR count). The number of anilines is 1. The number of piperidine rings is 1. The van der Waals surface area contributed by atoms with Gasteiger partial charge in [0.15, 0.2) is 5.82 Å². The van der Waals surface area contributed by atoms with Crippen LogP contribution in [0.3, 0.4) is 0 Å². The number of hydrogen-bond donors (Lipinski definition) is 1. The Balaban J connectivity index is 1.99. The van der Waals surface area contributed by atoms with Crippen molar-refractivity contribution in [3.05, 3.63) is 11.8 Å². The maximum Gasteiger partial charge on any atom is 0.230 e. The molecule has 8 heteroatoms. The predicted molar refractivity (Wildman–Crippen MR) is 69.0 cm³/mol. The van der Waals surface area contributed by atoms with Crippen LogP contribution in [0.2, 0.25) is 0 Å². The van der Waals surface area contributed by atoms with Gasteiger partial charge in [-0.15, -0.1) is 0 Å². The molecule has 1 atom stereocenters. The lowest BCUT2D eigenvalue weighted by Crippen LogP contribution is -2.43. The van der Waals surface area contributed by atoms with Crippen molar-refractivity contribution in [3.63, 3.8) is 0 Å². The van der Waals surface area contributed by atoms with Crippen LogP contribution in [0.15, 0.2) is 10.6 Å². The van der Waals surface area contributed by atoms with E-state index in [1.54, 1.807) is 13.0 Å². The molecule has 19 heavy (non-hydrogen) atoms. The number of carbonyl (C=O) groups excluding carboxylic acids is 1. The van der Waals surface area contributed by atoms with E-state index >= 15 is 0 Å². The summed E-state index contributed by atoms with van der Waals surface area (Å²) in [6, 6.07) is 1.62. The molecular formula is C11H17N3O4S. The summed E-state index contributed by atoms with van der Waals surface area (Å²) in [6.45, 7) is 2.43. The van der Waals surface area contributed by atoms with Crippen LogP contribution in [-0.4, -0.2) is 43.1 Å². The highest BCUT2D eigenvalue weighted by Gasteiger charge is 2.30. The van der Waals surface area contributed by atoms with Crippen molar-refractivity contribution in [1.29, 1.82) is 0 Å². The summed E-state index contributed by atoms with van der Waals surface area (Å²) >= 11 is 0. The molecule has 106 valence electrons. The summed E-state index contributed by atoms with van der Waals surface area (Å²) in [7, 11) is -3.24. The lowest BCUT2D eigenvalue weighted by molar-refractivity contribution is -0.120. The maximum absolute atomic E-state index is 12.0. The number of carbonyl (C=O) groups is 1. The number of aromatic nitrogens is 1. The first-order chi connectivity index (χ1) is 8.86. The molecule has 7 nitrogen and oxygen atoms in total. The molecule has 1 aliphatic heterocycles. The van der Waals surface area contributed by atoms with E-state index in [0.717, 1.165) is 6.26 Å². The van der Waals surface area contributed by atoms with E-state index < -0.39 is 10.0 Å². The number of sulfonamides is 1. The van der Waals surface area contributed by atoms with Crippen LogP contribution in [0.4, 0.5) is 5.82 Å². The zero-order valence-electron chi connectivity index (χ0n) is 10.9. The second-order valence-electron chi connectivity index (χ2n) is 4.77. The third-order valence-corrected chi connectivity index (χ3v) is 4.37. The number of nitrogens with zero attached hydrogens (tertiary/aromatic N) is 2. The van der Waals surface area contributed by atoms with Gasteiger partial charge < -0.3 is 9.84 Å². The molecule has 0 spiro atoms. The highest BCUT2D eigenvalue weighted by atomic mass is 32.2. The van der Waals surface area contributed by atoms with E-state index in [1.165, 1.54) is 4.31 Å². The van der Waals surface area contributed by atoms with E-state index in [4.69, 9.17) is 4.52 Å². The Morgan fingerprint density at radius 3 is 2.89 bits per heavy atom. The fourth-order valence-electron chi connectivity index (χ4n) is 2.11. The van der Waals surface area contributed by atoms with Gasteiger partial charge in [0.25, 0.3) is 0 Å².